The Labute approximate surface area is 148 Å². The number of aliphatic imine (C=N–C) groups is 1. The summed E-state index contributed by atoms with van der Waals surface area (Å²) in [6.45, 7) is 5.29. The number of hydrogen-bond donors (Lipinski definition) is 2. The molecule has 0 aliphatic rings. The molecule has 0 spiro atoms. The maximum atomic E-state index is 5.32. The average Bonchev–Trinajstić information content (AvgIpc) is 3.11. The first-order valence-electron chi connectivity index (χ1n) is 8.18. The van der Waals surface area contributed by atoms with Crippen LogP contribution in [0.3, 0.4) is 0 Å². The van der Waals surface area contributed by atoms with Crippen LogP contribution in [0.15, 0.2) is 33.8 Å². The molecule has 1 aromatic carbocycles. The summed E-state index contributed by atoms with van der Waals surface area (Å²) in [6, 6.07) is 7.75. The summed E-state index contributed by atoms with van der Waals surface area (Å²) in [4.78, 5) is 4.21. The van der Waals surface area contributed by atoms with Crippen molar-refractivity contribution >= 4 is 5.96 Å². The van der Waals surface area contributed by atoms with E-state index in [0.29, 0.717) is 36.5 Å². The quantitative estimate of drug-likeness (QED) is 0.593. The fourth-order valence-electron chi connectivity index (χ4n) is 2.25. The first-order chi connectivity index (χ1) is 12.1. The number of methoxy groups -OCH3 is 2. The molecular weight excluding hydrogens is 320 g/mol. The maximum Gasteiger partial charge on any atom is 0.191 e. The third kappa shape index (κ3) is 5.14. The molecule has 1 heterocycles. The minimum Gasteiger partial charge on any atom is -0.493 e. The Kier molecular flexibility index (Phi) is 6.68. The van der Waals surface area contributed by atoms with E-state index in [1.807, 2.05) is 24.3 Å². The lowest BCUT2D eigenvalue weighted by atomic mass is 10.1. The Bertz CT molecular complexity index is 710. The molecular formula is C18H26N4O3. The lowest BCUT2D eigenvalue weighted by Crippen LogP contribution is -2.36. The van der Waals surface area contributed by atoms with Gasteiger partial charge in [-0.1, -0.05) is 25.1 Å². The molecule has 0 fully saturated rings. The zero-order chi connectivity index (χ0) is 18.2. The Morgan fingerprint density at radius 2 is 1.84 bits per heavy atom. The molecule has 25 heavy (non-hydrogen) atoms. The Hall–Kier alpha value is -2.70. The number of hydrogen-bond acceptors (Lipinski definition) is 5. The van der Waals surface area contributed by atoms with Gasteiger partial charge in [-0.2, -0.15) is 0 Å². The van der Waals surface area contributed by atoms with Crippen LogP contribution in [0.25, 0.3) is 0 Å². The number of aromatic nitrogens is 1. The summed E-state index contributed by atoms with van der Waals surface area (Å²) < 4.78 is 15.9. The van der Waals surface area contributed by atoms with Crippen LogP contribution in [-0.4, -0.2) is 32.4 Å². The highest BCUT2D eigenvalue weighted by Gasteiger charge is 2.09. The van der Waals surface area contributed by atoms with E-state index in [0.717, 1.165) is 17.0 Å². The van der Waals surface area contributed by atoms with Gasteiger partial charge in [-0.15, -0.1) is 0 Å². The maximum absolute atomic E-state index is 5.32. The van der Waals surface area contributed by atoms with Gasteiger partial charge < -0.3 is 24.6 Å². The van der Waals surface area contributed by atoms with E-state index in [9.17, 15) is 0 Å². The van der Waals surface area contributed by atoms with E-state index in [1.165, 1.54) is 0 Å². The molecule has 7 nitrogen and oxygen atoms in total. The van der Waals surface area contributed by atoms with Gasteiger partial charge in [-0.3, -0.25) is 4.99 Å². The van der Waals surface area contributed by atoms with Crippen LogP contribution in [0.2, 0.25) is 0 Å². The van der Waals surface area contributed by atoms with Crippen LogP contribution in [0.4, 0.5) is 0 Å². The van der Waals surface area contributed by atoms with Crippen molar-refractivity contribution in [2.75, 3.05) is 21.3 Å². The standard InChI is InChI=1S/C18H26N4O3/c1-12(2)15-9-14(25-22-15)11-21-18(19-3)20-10-13-6-7-16(23-4)17(8-13)24-5/h6-9,12H,10-11H2,1-5H3,(H2,19,20,21). The third-order valence-corrected chi connectivity index (χ3v) is 3.73. The lowest BCUT2D eigenvalue weighted by Gasteiger charge is -2.13. The summed E-state index contributed by atoms with van der Waals surface area (Å²) >= 11 is 0. The lowest BCUT2D eigenvalue weighted by molar-refractivity contribution is 0.354. The molecule has 2 rings (SSSR count). The predicted molar refractivity (Wildman–Crippen MR) is 97.2 cm³/mol. The molecule has 2 aromatic rings. The molecule has 7 heteroatoms. The highest BCUT2D eigenvalue weighted by Crippen LogP contribution is 2.27. The SMILES string of the molecule is CN=C(NCc1ccc(OC)c(OC)c1)NCc1cc(C(C)C)no1. The Morgan fingerprint density at radius 3 is 2.44 bits per heavy atom. The van der Waals surface area contributed by atoms with Gasteiger partial charge in [-0.05, 0) is 23.6 Å². The molecule has 1 aromatic heterocycles. The number of benzene rings is 1. The monoisotopic (exact) mass is 346 g/mol. The molecule has 0 bridgehead atoms. The van der Waals surface area contributed by atoms with Gasteiger partial charge in [0.1, 0.15) is 0 Å². The van der Waals surface area contributed by atoms with Crippen LogP contribution < -0.4 is 20.1 Å². The number of guanidine groups is 1. The first-order valence-corrected chi connectivity index (χ1v) is 8.18. The molecule has 0 aliphatic heterocycles. The van der Waals surface area contributed by atoms with E-state index in [4.69, 9.17) is 14.0 Å². The number of ether oxygens (including phenoxy) is 2. The second-order valence-electron chi connectivity index (χ2n) is 5.84. The normalized spacial score (nSPS) is 11.5. The molecule has 136 valence electrons. The molecule has 2 N–H and O–H groups in total. The molecule has 0 radical (unpaired) electrons. The van der Waals surface area contributed by atoms with Gasteiger partial charge in [0.15, 0.2) is 23.2 Å². The summed E-state index contributed by atoms with van der Waals surface area (Å²) in [5.74, 6) is 3.21. The topological polar surface area (TPSA) is 80.9 Å². The van der Waals surface area contributed by atoms with Crippen LogP contribution in [0, 0.1) is 0 Å². The van der Waals surface area contributed by atoms with Crippen molar-refractivity contribution in [1.82, 2.24) is 15.8 Å². The minimum absolute atomic E-state index is 0.347. The molecule has 0 amide bonds. The van der Waals surface area contributed by atoms with Crippen molar-refractivity contribution in [1.29, 1.82) is 0 Å². The van der Waals surface area contributed by atoms with Crippen molar-refractivity contribution in [2.24, 2.45) is 4.99 Å². The minimum atomic E-state index is 0.347. The van der Waals surface area contributed by atoms with Gasteiger partial charge >= 0.3 is 0 Å². The summed E-state index contributed by atoms with van der Waals surface area (Å²) in [5, 5.41) is 10.5. The number of rotatable bonds is 7. The highest BCUT2D eigenvalue weighted by molar-refractivity contribution is 5.79. The summed E-state index contributed by atoms with van der Waals surface area (Å²) in [6.07, 6.45) is 0. The zero-order valence-electron chi connectivity index (χ0n) is 15.4. The van der Waals surface area contributed by atoms with Gasteiger partial charge in [0.05, 0.1) is 26.5 Å². The van der Waals surface area contributed by atoms with E-state index < -0.39 is 0 Å². The second kappa shape index (κ2) is 8.96. The third-order valence-electron chi connectivity index (χ3n) is 3.73. The highest BCUT2D eigenvalue weighted by atomic mass is 16.5. The predicted octanol–water partition coefficient (Wildman–Crippen LogP) is 2.68. The smallest absolute Gasteiger partial charge is 0.191 e. The first kappa shape index (κ1) is 18.6. The van der Waals surface area contributed by atoms with Crippen molar-refractivity contribution in [3.8, 4) is 11.5 Å². The molecule has 0 aliphatic carbocycles. The second-order valence-corrected chi connectivity index (χ2v) is 5.84. The Morgan fingerprint density at radius 1 is 1.12 bits per heavy atom. The molecule has 0 unspecified atom stereocenters. The van der Waals surface area contributed by atoms with Crippen LogP contribution in [0.5, 0.6) is 11.5 Å². The summed E-state index contributed by atoms with van der Waals surface area (Å²) in [7, 11) is 4.97. The van der Waals surface area contributed by atoms with Gasteiger partial charge in [0, 0.05) is 19.7 Å². The van der Waals surface area contributed by atoms with Crippen LogP contribution in [0.1, 0.15) is 36.8 Å². The van der Waals surface area contributed by atoms with Crippen LogP contribution in [-0.2, 0) is 13.1 Å². The number of nitrogens with zero attached hydrogens (tertiary/aromatic N) is 2. The van der Waals surface area contributed by atoms with Crippen molar-refractivity contribution < 1.29 is 14.0 Å². The van der Waals surface area contributed by atoms with Crippen molar-refractivity contribution in [2.45, 2.75) is 32.9 Å². The van der Waals surface area contributed by atoms with Crippen LogP contribution >= 0.6 is 0 Å². The van der Waals surface area contributed by atoms with Gasteiger partial charge in [-0.25, -0.2) is 0 Å². The van der Waals surface area contributed by atoms with Crippen molar-refractivity contribution in [3.63, 3.8) is 0 Å². The number of nitrogens with one attached hydrogen (secondary N) is 2. The molecule has 0 saturated carbocycles. The van der Waals surface area contributed by atoms with Crippen molar-refractivity contribution in [3.05, 3.63) is 41.3 Å². The van der Waals surface area contributed by atoms with E-state index in [1.54, 1.807) is 21.3 Å². The fraction of sp³-hybridized carbons (Fsp3) is 0.444. The van der Waals surface area contributed by atoms with E-state index >= 15 is 0 Å². The fourth-order valence-corrected chi connectivity index (χ4v) is 2.25. The van der Waals surface area contributed by atoms with Gasteiger partial charge in [0.25, 0.3) is 0 Å². The molecule has 0 atom stereocenters. The van der Waals surface area contributed by atoms with E-state index in [2.05, 4.69) is 34.6 Å². The van der Waals surface area contributed by atoms with E-state index in [-0.39, 0.29) is 0 Å². The molecule has 0 saturated heterocycles. The average molecular weight is 346 g/mol. The largest absolute Gasteiger partial charge is 0.493 e. The van der Waals surface area contributed by atoms with Gasteiger partial charge in [0.2, 0.25) is 0 Å². The Balaban J connectivity index is 1.89. The zero-order valence-corrected chi connectivity index (χ0v) is 15.4. The summed E-state index contributed by atoms with van der Waals surface area (Å²) in [5.41, 5.74) is 2.01.